The molecule has 5 nitrogen and oxygen atoms in total. The summed E-state index contributed by atoms with van der Waals surface area (Å²) in [6, 6.07) is 14.7. The molecule has 0 saturated carbocycles. The number of benzene rings is 2. The molecule has 0 heterocycles. The van der Waals surface area contributed by atoms with Gasteiger partial charge in [-0.1, -0.05) is 18.2 Å². The van der Waals surface area contributed by atoms with E-state index in [4.69, 9.17) is 14.2 Å². The lowest BCUT2D eigenvalue weighted by molar-refractivity contribution is -0.122. The van der Waals surface area contributed by atoms with Gasteiger partial charge in [0.25, 0.3) is 5.91 Å². The van der Waals surface area contributed by atoms with Gasteiger partial charge in [0.15, 0.2) is 6.10 Å². The van der Waals surface area contributed by atoms with Gasteiger partial charge in [0.1, 0.15) is 11.5 Å². The first-order chi connectivity index (χ1) is 11.1. The van der Waals surface area contributed by atoms with Crippen molar-refractivity contribution in [3.05, 3.63) is 54.1 Å². The summed E-state index contributed by atoms with van der Waals surface area (Å²) >= 11 is 0. The molecule has 0 spiro atoms. The highest BCUT2D eigenvalue weighted by molar-refractivity contribution is 5.94. The third-order valence-corrected chi connectivity index (χ3v) is 3.23. The van der Waals surface area contributed by atoms with E-state index in [0.29, 0.717) is 23.8 Å². The maximum absolute atomic E-state index is 12.2. The zero-order valence-electron chi connectivity index (χ0n) is 13.5. The van der Waals surface area contributed by atoms with Crippen molar-refractivity contribution >= 4 is 11.6 Å². The Morgan fingerprint density at radius 3 is 2.57 bits per heavy atom. The van der Waals surface area contributed by atoms with Gasteiger partial charge in [0.05, 0.1) is 13.7 Å². The van der Waals surface area contributed by atoms with E-state index in [9.17, 15) is 4.79 Å². The summed E-state index contributed by atoms with van der Waals surface area (Å²) in [5.41, 5.74) is 1.71. The van der Waals surface area contributed by atoms with Gasteiger partial charge in [-0.15, -0.1) is 0 Å². The molecule has 0 aliphatic carbocycles. The fourth-order valence-electron chi connectivity index (χ4n) is 2.08. The van der Waals surface area contributed by atoms with Crippen molar-refractivity contribution in [3.63, 3.8) is 0 Å². The molecule has 1 atom stereocenters. The third-order valence-electron chi connectivity index (χ3n) is 3.23. The van der Waals surface area contributed by atoms with Crippen LogP contribution in [0.5, 0.6) is 11.5 Å². The summed E-state index contributed by atoms with van der Waals surface area (Å²) in [7, 11) is 3.22. The number of hydrogen-bond acceptors (Lipinski definition) is 4. The molecule has 5 heteroatoms. The molecule has 1 unspecified atom stereocenters. The summed E-state index contributed by atoms with van der Waals surface area (Å²) in [4.78, 5) is 12.2. The van der Waals surface area contributed by atoms with Gasteiger partial charge in [-0.25, -0.2) is 0 Å². The van der Waals surface area contributed by atoms with E-state index in [0.717, 1.165) is 5.56 Å². The number of amides is 1. The Balaban J connectivity index is 1.98. The lowest BCUT2D eigenvalue weighted by atomic mass is 10.2. The monoisotopic (exact) mass is 315 g/mol. The van der Waals surface area contributed by atoms with Crippen molar-refractivity contribution in [1.82, 2.24) is 0 Å². The van der Waals surface area contributed by atoms with Crippen LogP contribution in [0, 0.1) is 0 Å². The van der Waals surface area contributed by atoms with Crippen LogP contribution in [0.4, 0.5) is 5.69 Å². The molecule has 2 rings (SSSR count). The molecule has 0 saturated heterocycles. The Labute approximate surface area is 136 Å². The highest BCUT2D eigenvalue weighted by Gasteiger charge is 2.15. The number of methoxy groups -OCH3 is 2. The highest BCUT2D eigenvalue weighted by atomic mass is 16.5. The molecule has 0 fully saturated rings. The zero-order valence-corrected chi connectivity index (χ0v) is 13.5. The van der Waals surface area contributed by atoms with Gasteiger partial charge in [-0.05, 0) is 36.8 Å². The number of carbonyl (C=O) groups is 1. The predicted molar refractivity (Wildman–Crippen MR) is 88.9 cm³/mol. The first-order valence-electron chi connectivity index (χ1n) is 7.32. The summed E-state index contributed by atoms with van der Waals surface area (Å²) in [5, 5.41) is 2.84. The Bertz CT molecular complexity index is 657. The first-order valence-corrected chi connectivity index (χ1v) is 7.32. The molecule has 0 radical (unpaired) electrons. The SMILES string of the molecule is COCc1cccc(NC(=O)C(C)Oc2cccc(OC)c2)c1. The summed E-state index contributed by atoms with van der Waals surface area (Å²) in [6.45, 7) is 2.20. The van der Waals surface area contributed by atoms with Gasteiger partial charge in [0.2, 0.25) is 0 Å². The van der Waals surface area contributed by atoms with E-state index in [1.807, 2.05) is 36.4 Å². The average molecular weight is 315 g/mol. The second kappa shape index (κ2) is 8.19. The van der Waals surface area contributed by atoms with Crippen LogP contribution in [0.15, 0.2) is 48.5 Å². The Kier molecular flexibility index (Phi) is 6.00. The van der Waals surface area contributed by atoms with E-state index in [2.05, 4.69) is 5.32 Å². The minimum Gasteiger partial charge on any atom is -0.497 e. The minimum absolute atomic E-state index is 0.220. The number of carbonyl (C=O) groups excluding carboxylic acids is 1. The lowest BCUT2D eigenvalue weighted by Gasteiger charge is -2.15. The Hall–Kier alpha value is -2.53. The van der Waals surface area contributed by atoms with E-state index >= 15 is 0 Å². The average Bonchev–Trinajstić information content (AvgIpc) is 2.55. The first kappa shape index (κ1) is 16.8. The molecule has 23 heavy (non-hydrogen) atoms. The second-order valence-corrected chi connectivity index (χ2v) is 5.06. The molecule has 122 valence electrons. The molecule has 0 aliphatic rings. The lowest BCUT2D eigenvalue weighted by Crippen LogP contribution is -2.30. The van der Waals surface area contributed by atoms with E-state index < -0.39 is 6.10 Å². The van der Waals surface area contributed by atoms with Crippen LogP contribution in [-0.2, 0) is 16.1 Å². The van der Waals surface area contributed by atoms with Gasteiger partial charge < -0.3 is 19.5 Å². The van der Waals surface area contributed by atoms with Crippen LogP contribution >= 0.6 is 0 Å². The van der Waals surface area contributed by atoms with Crippen molar-refractivity contribution in [2.45, 2.75) is 19.6 Å². The minimum atomic E-state index is -0.631. The van der Waals surface area contributed by atoms with Crippen molar-refractivity contribution in [2.24, 2.45) is 0 Å². The van der Waals surface area contributed by atoms with Crippen LogP contribution in [0.3, 0.4) is 0 Å². The van der Waals surface area contributed by atoms with Crippen LogP contribution in [-0.4, -0.2) is 26.2 Å². The second-order valence-electron chi connectivity index (χ2n) is 5.06. The smallest absolute Gasteiger partial charge is 0.265 e. The normalized spacial score (nSPS) is 11.6. The molecule has 0 bridgehead atoms. The molecule has 2 aromatic carbocycles. The molecule has 0 aromatic heterocycles. The van der Waals surface area contributed by atoms with Gasteiger partial charge in [0, 0.05) is 18.9 Å². The van der Waals surface area contributed by atoms with E-state index in [1.54, 1.807) is 33.3 Å². The quantitative estimate of drug-likeness (QED) is 0.852. The highest BCUT2D eigenvalue weighted by Crippen LogP contribution is 2.20. The van der Waals surface area contributed by atoms with Gasteiger partial charge >= 0.3 is 0 Å². The summed E-state index contributed by atoms with van der Waals surface area (Å²) in [6.07, 6.45) is -0.631. The summed E-state index contributed by atoms with van der Waals surface area (Å²) < 4.78 is 15.9. The van der Waals surface area contributed by atoms with Crippen LogP contribution in [0.25, 0.3) is 0 Å². The molecule has 2 aromatic rings. The van der Waals surface area contributed by atoms with Crippen LogP contribution in [0.1, 0.15) is 12.5 Å². The molecule has 0 aliphatic heterocycles. The number of rotatable bonds is 7. The van der Waals surface area contributed by atoms with Crippen molar-refractivity contribution in [1.29, 1.82) is 0 Å². The fourth-order valence-corrected chi connectivity index (χ4v) is 2.08. The number of ether oxygens (including phenoxy) is 3. The van der Waals surface area contributed by atoms with Crippen molar-refractivity contribution in [2.75, 3.05) is 19.5 Å². The predicted octanol–water partition coefficient (Wildman–Crippen LogP) is 3.25. The Morgan fingerprint density at radius 1 is 1.09 bits per heavy atom. The van der Waals surface area contributed by atoms with Gasteiger partial charge in [-0.3, -0.25) is 4.79 Å². The van der Waals surface area contributed by atoms with Gasteiger partial charge in [-0.2, -0.15) is 0 Å². The molecular weight excluding hydrogens is 294 g/mol. The van der Waals surface area contributed by atoms with E-state index in [-0.39, 0.29) is 5.91 Å². The molecule has 1 N–H and O–H groups in total. The van der Waals surface area contributed by atoms with Crippen molar-refractivity contribution < 1.29 is 19.0 Å². The van der Waals surface area contributed by atoms with Crippen LogP contribution < -0.4 is 14.8 Å². The molecule has 1 amide bonds. The number of anilines is 1. The fraction of sp³-hybridized carbons (Fsp3) is 0.278. The largest absolute Gasteiger partial charge is 0.497 e. The van der Waals surface area contributed by atoms with Crippen molar-refractivity contribution in [3.8, 4) is 11.5 Å². The number of nitrogens with one attached hydrogen (secondary N) is 1. The Morgan fingerprint density at radius 2 is 1.83 bits per heavy atom. The van der Waals surface area contributed by atoms with Crippen LogP contribution in [0.2, 0.25) is 0 Å². The summed E-state index contributed by atoms with van der Waals surface area (Å²) in [5.74, 6) is 1.05. The zero-order chi connectivity index (χ0) is 16.7. The topological polar surface area (TPSA) is 56.8 Å². The maximum Gasteiger partial charge on any atom is 0.265 e. The standard InChI is InChI=1S/C18H21NO4/c1-13(23-17-9-5-8-16(11-17)22-3)18(20)19-15-7-4-6-14(10-15)12-21-2/h4-11,13H,12H2,1-3H3,(H,19,20). The maximum atomic E-state index is 12.2. The molecular formula is C18H21NO4. The third kappa shape index (κ3) is 5.00. The number of hydrogen-bond donors (Lipinski definition) is 1. The van der Waals surface area contributed by atoms with E-state index in [1.165, 1.54) is 0 Å².